The van der Waals surface area contributed by atoms with Gasteiger partial charge >= 0.3 is 0 Å². The molecule has 0 unspecified atom stereocenters. The predicted octanol–water partition coefficient (Wildman–Crippen LogP) is 4.31. The van der Waals surface area contributed by atoms with Gasteiger partial charge in [0, 0.05) is 28.7 Å². The van der Waals surface area contributed by atoms with Gasteiger partial charge in [-0.05, 0) is 29.8 Å². The zero-order valence-corrected chi connectivity index (χ0v) is 15.5. The van der Waals surface area contributed by atoms with Crippen LogP contribution < -0.4 is 11.5 Å². The Morgan fingerprint density at radius 2 is 1.55 bits per heavy atom. The van der Waals surface area contributed by atoms with Crippen LogP contribution in [0.1, 0.15) is 0 Å². The van der Waals surface area contributed by atoms with Crippen molar-refractivity contribution in [2.24, 2.45) is 0 Å². The molecule has 0 atom stereocenters. The van der Waals surface area contributed by atoms with Crippen LogP contribution in [0.2, 0.25) is 0 Å². The van der Waals surface area contributed by atoms with Crippen LogP contribution in [0.15, 0.2) is 85.2 Å². The summed E-state index contributed by atoms with van der Waals surface area (Å²) in [6, 6.07) is 23.7. The van der Waals surface area contributed by atoms with E-state index in [4.69, 9.17) is 16.5 Å². The Morgan fingerprint density at radius 1 is 0.759 bits per heavy atom. The number of hydrogen-bond donors (Lipinski definition) is 2. The summed E-state index contributed by atoms with van der Waals surface area (Å²) >= 11 is 0. The fourth-order valence-corrected chi connectivity index (χ4v) is 3.41. The highest BCUT2D eigenvalue weighted by atomic mass is 15.3. The van der Waals surface area contributed by atoms with E-state index in [9.17, 15) is 0 Å². The second kappa shape index (κ2) is 6.76. The van der Waals surface area contributed by atoms with E-state index in [-0.39, 0.29) is 0 Å². The molecule has 6 nitrogen and oxygen atoms in total. The fourth-order valence-electron chi connectivity index (χ4n) is 3.41. The van der Waals surface area contributed by atoms with Gasteiger partial charge in [0.1, 0.15) is 0 Å². The summed E-state index contributed by atoms with van der Waals surface area (Å²) in [6.07, 6.45) is 3.53. The Labute approximate surface area is 167 Å². The first kappa shape index (κ1) is 16.9. The van der Waals surface area contributed by atoms with Crippen LogP contribution in [-0.2, 0) is 0 Å². The second-order valence-electron chi connectivity index (χ2n) is 6.76. The molecule has 3 aromatic carbocycles. The van der Waals surface area contributed by atoms with Gasteiger partial charge in [-0.2, -0.15) is 5.10 Å². The van der Waals surface area contributed by atoms with Crippen LogP contribution in [-0.4, -0.2) is 19.7 Å². The zero-order valence-electron chi connectivity index (χ0n) is 15.5. The third-order valence-corrected chi connectivity index (χ3v) is 4.84. The van der Waals surface area contributed by atoms with E-state index in [1.54, 1.807) is 30.6 Å². The molecular weight excluding hydrogens is 360 g/mol. The molecule has 5 aromatic rings. The number of nitrogens with two attached hydrogens (primary N) is 2. The smallest absolute Gasteiger partial charge is 0.166 e. The largest absolute Gasteiger partial charge is 0.399 e. The number of benzene rings is 3. The molecule has 4 N–H and O–H groups in total. The monoisotopic (exact) mass is 378 g/mol. The summed E-state index contributed by atoms with van der Waals surface area (Å²) in [6.45, 7) is 0. The molecule has 0 saturated carbocycles. The number of nitrogen functional groups attached to an aromatic ring is 2. The first-order valence-electron chi connectivity index (χ1n) is 9.22. The molecule has 0 bridgehead atoms. The normalized spacial score (nSPS) is 11.0. The molecule has 0 fully saturated rings. The standard InChI is InChI=1S/C23H18N6/c24-17-10-11-20(25)19(12-17)22-26-13-16-14-27-29(23(16)28-22)21-9-5-4-8-18(21)15-6-2-1-3-7-15/h1-14H,24-25H2. The maximum absolute atomic E-state index is 6.13. The van der Waals surface area contributed by atoms with Gasteiger partial charge < -0.3 is 11.5 Å². The van der Waals surface area contributed by atoms with Crippen molar-refractivity contribution >= 4 is 22.4 Å². The quantitative estimate of drug-likeness (QED) is 0.456. The summed E-state index contributed by atoms with van der Waals surface area (Å²) in [5.41, 5.74) is 17.8. The minimum absolute atomic E-state index is 0.515. The van der Waals surface area contributed by atoms with E-state index in [0.717, 1.165) is 22.2 Å². The van der Waals surface area contributed by atoms with Crippen LogP contribution >= 0.6 is 0 Å². The van der Waals surface area contributed by atoms with Crippen molar-refractivity contribution in [1.29, 1.82) is 0 Å². The molecule has 0 aliphatic rings. The van der Waals surface area contributed by atoms with Crippen molar-refractivity contribution < 1.29 is 0 Å². The number of hydrogen-bond acceptors (Lipinski definition) is 5. The third-order valence-electron chi connectivity index (χ3n) is 4.84. The highest BCUT2D eigenvalue weighted by molar-refractivity contribution is 5.83. The highest BCUT2D eigenvalue weighted by Crippen LogP contribution is 2.30. The lowest BCUT2D eigenvalue weighted by molar-refractivity contribution is 0.897. The van der Waals surface area contributed by atoms with Crippen LogP contribution in [0, 0.1) is 0 Å². The molecule has 2 heterocycles. The highest BCUT2D eigenvalue weighted by Gasteiger charge is 2.14. The van der Waals surface area contributed by atoms with Crippen LogP contribution in [0.25, 0.3) is 39.2 Å². The van der Waals surface area contributed by atoms with Gasteiger partial charge in [0.25, 0.3) is 0 Å². The molecule has 140 valence electrons. The lowest BCUT2D eigenvalue weighted by atomic mass is 10.0. The molecule has 0 saturated heterocycles. The lowest BCUT2D eigenvalue weighted by Crippen LogP contribution is -2.02. The van der Waals surface area contributed by atoms with Gasteiger partial charge in [0.05, 0.1) is 17.3 Å². The molecule has 0 spiro atoms. The molecule has 0 amide bonds. The fraction of sp³-hybridized carbons (Fsp3) is 0. The van der Waals surface area contributed by atoms with E-state index < -0.39 is 0 Å². The van der Waals surface area contributed by atoms with E-state index in [2.05, 4.69) is 28.3 Å². The van der Waals surface area contributed by atoms with E-state index in [1.165, 1.54) is 0 Å². The van der Waals surface area contributed by atoms with Crippen LogP contribution in [0.4, 0.5) is 11.4 Å². The minimum Gasteiger partial charge on any atom is -0.399 e. The van der Waals surface area contributed by atoms with Gasteiger partial charge in [-0.25, -0.2) is 14.6 Å². The topological polar surface area (TPSA) is 95.6 Å². The average molecular weight is 378 g/mol. The summed E-state index contributed by atoms with van der Waals surface area (Å²) in [4.78, 5) is 9.24. The Kier molecular flexibility index (Phi) is 3.95. The molecular formula is C23H18N6. The van der Waals surface area contributed by atoms with Gasteiger partial charge in [-0.15, -0.1) is 0 Å². The molecule has 2 aromatic heterocycles. The van der Waals surface area contributed by atoms with Gasteiger partial charge in [0.2, 0.25) is 0 Å². The van der Waals surface area contributed by atoms with Gasteiger partial charge in [-0.3, -0.25) is 0 Å². The number of rotatable bonds is 3. The van der Waals surface area contributed by atoms with Crippen LogP contribution in [0.3, 0.4) is 0 Å². The molecule has 0 radical (unpaired) electrons. The minimum atomic E-state index is 0.515. The predicted molar refractivity (Wildman–Crippen MR) is 116 cm³/mol. The SMILES string of the molecule is Nc1ccc(N)c(-c2ncc3cnn(-c4ccccc4-c4ccccc4)c3n2)c1. The summed E-state index contributed by atoms with van der Waals surface area (Å²) in [5, 5.41) is 5.43. The molecule has 6 heteroatoms. The van der Waals surface area contributed by atoms with Crippen molar-refractivity contribution in [2.45, 2.75) is 0 Å². The third kappa shape index (κ3) is 2.96. The van der Waals surface area contributed by atoms with Crippen molar-refractivity contribution in [3.63, 3.8) is 0 Å². The second-order valence-corrected chi connectivity index (χ2v) is 6.76. The van der Waals surface area contributed by atoms with Crippen LogP contribution in [0.5, 0.6) is 0 Å². The molecule has 5 rings (SSSR count). The number of nitrogens with zero attached hydrogens (tertiary/aromatic N) is 4. The number of anilines is 2. The average Bonchev–Trinajstić information content (AvgIpc) is 3.19. The Bertz CT molecular complexity index is 1320. The van der Waals surface area contributed by atoms with Crippen molar-refractivity contribution in [3.8, 4) is 28.2 Å². The maximum atomic E-state index is 6.13. The number of para-hydroxylation sites is 1. The summed E-state index contributed by atoms with van der Waals surface area (Å²) in [7, 11) is 0. The van der Waals surface area contributed by atoms with E-state index in [0.29, 0.717) is 28.4 Å². The Morgan fingerprint density at radius 3 is 2.41 bits per heavy atom. The van der Waals surface area contributed by atoms with Gasteiger partial charge in [0.15, 0.2) is 11.5 Å². The molecule has 29 heavy (non-hydrogen) atoms. The van der Waals surface area contributed by atoms with E-state index in [1.807, 2.05) is 41.1 Å². The Balaban J connectivity index is 1.71. The maximum Gasteiger partial charge on any atom is 0.166 e. The lowest BCUT2D eigenvalue weighted by Gasteiger charge is -2.11. The number of aromatic nitrogens is 4. The Hall–Kier alpha value is -4.19. The molecule has 0 aliphatic heterocycles. The number of fused-ring (bicyclic) bond motifs is 1. The first-order valence-corrected chi connectivity index (χ1v) is 9.22. The van der Waals surface area contributed by atoms with Crippen molar-refractivity contribution in [2.75, 3.05) is 11.5 Å². The van der Waals surface area contributed by atoms with Crippen molar-refractivity contribution in [3.05, 3.63) is 85.2 Å². The summed E-state index contributed by atoms with van der Waals surface area (Å²) < 4.78 is 1.84. The van der Waals surface area contributed by atoms with Gasteiger partial charge in [-0.1, -0.05) is 48.5 Å². The van der Waals surface area contributed by atoms with E-state index >= 15 is 0 Å². The summed E-state index contributed by atoms with van der Waals surface area (Å²) in [5.74, 6) is 0.515. The zero-order chi connectivity index (χ0) is 19.8. The van der Waals surface area contributed by atoms with Crippen molar-refractivity contribution in [1.82, 2.24) is 19.7 Å². The first-order chi connectivity index (χ1) is 14.2. The molecule has 0 aliphatic carbocycles.